The Kier molecular flexibility index (Phi) is 3.24. The summed E-state index contributed by atoms with van der Waals surface area (Å²) >= 11 is 1.81. The van der Waals surface area contributed by atoms with Gasteiger partial charge in [0.25, 0.3) is 0 Å². The van der Waals surface area contributed by atoms with Gasteiger partial charge in [-0.3, -0.25) is 4.79 Å². The van der Waals surface area contributed by atoms with Crippen LogP contribution in [0, 0.1) is 12.8 Å². The first-order valence-corrected chi connectivity index (χ1v) is 6.59. The van der Waals surface area contributed by atoms with Gasteiger partial charge in [0.15, 0.2) is 5.78 Å². The summed E-state index contributed by atoms with van der Waals surface area (Å²) in [5, 5.41) is 0. The first-order valence-electron chi connectivity index (χ1n) is 5.43. The SMILES string of the molecule is COc1ccc(C)c2c1CSCC(C)C2=O. The Bertz CT molecular complexity index is 426. The van der Waals surface area contributed by atoms with E-state index in [1.165, 1.54) is 0 Å². The molecule has 0 aliphatic carbocycles. The highest BCUT2D eigenvalue weighted by molar-refractivity contribution is 7.98. The van der Waals surface area contributed by atoms with E-state index in [-0.39, 0.29) is 11.7 Å². The Morgan fingerprint density at radius 1 is 1.44 bits per heavy atom. The zero-order chi connectivity index (χ0) is 11.7. The van der Waals surface area contributed by atoms with Crippen LogP contribution in [0.4, 0.5) is 0 Å². The maximum atomic E-state index is 12.3. The maximum Gasteiger partial charge on any atom is 0.167 e. The van der Waals surface area contributed by atoms with Crippen LogP contribution >= 0.6 is 11.8 Å². The highest BCUT2D eigenvalue weighted by Crippen LogP contribution is 2.34. The number of carbonyl (C=O) groups is 1. The van der Waals surface area contributed by atoms with Crippen molar-refractivity contribution >= 4 is 17.5 Å². The smallest absolute Gasteiger partial charge is 0.167 e. The molecule has 0 bridgehead atoms. The van der Waals surface area contributed by atoms with Gasteiger partial charge in [-0.05, 0) is 18.6 Å². The second kappa shape index (κ2) is 4.50. The third kappa shape index (κ3) is 1.84. The predicted molar refractivity (Wildman–Crippen MR) is 67.4 cm³/mol. The molecule has 3 heteroatoms. The zero-order valence-corrected chi connectivity index (χ0v) is 10.7. The lowest BCUT2D eigenvalue weighted by Crippen LogP contribution is -2.14. The van der Waals surface area contributed by atoms with E-state index in [9.17, 15) is 4.79 Å². The third-order valence-electron chi connectivity index (χ3n) is 3.01. The Morgan fingerprint density at radius 3 is 2.88 bits per heavy atom. The first kappa shape index (κ1) is 11.5. The molecule has 1 atom stereocenters. The monoisotopic (exact) mass is 236 g/mol. The Labute approximate surface area is 100 Å². The van der Waals surface area contributed by atoms with Crippen molar-refractivity contribution in [3.63, 3.8) is 0 Å². The summed E-state index contributed by atoms with van der Waals surface area (Å²) in [5.41, 5.74) is 3.02. The van der Waals surface area contributed by atoms with Crippen LogP contribution in [-0.4, -0.2) is 18.6 Å². The number of ketones is 1. The number of ether oxygens (including phenoxy) is 1. The van der Waals surface area contributed by atoms with Crippen molar-refractivity contribution in [2.75, 3.05) is 12.9 Å². The van der Waals surface area contributed by atoms with Crippen molar-refractivity contribution in [1.82, 2.24) is 0 Å². The van der Waals surface area contributed by atoms with Crippen molar-refractivity contribution < 1.29 is 9.53 Å². The molecule has 0 N–H and O–H groups in total. The van der Waals surface area contributed by atoms with Gasteiger partial charge in [0.05, 0.1) is 7.11 Å². The van der Waals surface area contributed by atoms with E-state index in [0.29, 0.717) is 0 Å². The molecular formula is C13H16O2S. The van der Waals surface area contributed by atoms with E-state index >= 15 is 0 Å². The van der Waals surface area contributed by atoms with Gasteiger partial charge >= 0.3 is 0 Å². The van der Waals surface area contributed by atoms with Crippen molar-refractivity contribution in [3.8, 4) is 5.75 Å². The first-order chi connectivity index (χ1) is 7.65. The van der Waals surface area contributed by atoms with Gasteiger partial charge in [-0.25, -0.2) is 0 Å². The summed E-state index contributed by atoms with van der Waals surface area (Å²) in [5.74, 6) is 2.98. The van der Waals surface area contributed by atoms with Crippen LogP contribution in [-0.2, 0) is 5.75 Å². The molecule has 2 nitrogen and oxygen atoms in total. The van der Waals surface area contributed by atoms with E-state index < -0.39 is 0 Å². The summed E-state index contributed by atoms with van der Waals surface area (Å²) in [6.45, 7) is 4.00. The molecule has 0 fully saturated rings. The van der Waals surface area contributed by atoms with Crippen LogP contribution in [0.3, 0.4) is 0 Å². The molecule has 1 unspecified atom stereocenters. The van der Waals surface area contributed by atoms with E-state index in [0.717, 1.165) is 33.9 Å². The minimum absolute atomic E-state index is 0.108. The van der Waals surface area contributed by atoms with Crippen LogP contribution in [0.25, 0.3) is 0 Å². The summed E-state index contributed by atoms with van der Waals surface area (Å²) in [7, 11) is 1.66. The zero-order valence-electron chi connectivity index (χ0n) is 9.87. The second-order valence-electron chi connectivity index (χ2n) is 4.22. The van der Waals surface area contributed by atoms with E-state index in [1.807, 2.05) is 37.7 Å². The molecule has 0 amide bonds. The molecule has 2 rings (SSSR count). The molecule has 1 heterocycles. The quantitative estimate of drug-likeness (QED) is 0.749. The molecule has 1 aliphatic heterocycles. The number of thioether (sulfide) groups is 1. The van der Waals surface area contributed by atoms with Gasteiger partial charge in [0, 0.05) is 28.6 Å². The van der Waals surface area contributed by atoms with Gasteiger partial charge in [0.1, 0.15) is 5.75 Å². The Hall–Kier alpha value is -0.960. The number of benzene rings is 1. The van der Waals surface area contributed by atoms with E-state index in [1.54, 1.807) is 7.11 Å². The molecular weight excluding hydrogens is 220 g/mol. The average molecular weight is 236 g/mol. The van der Waals surface area contributed by atoms with Crippen molar-refractivity contribution in [3.05, 3.63) is 28.8 Å². The lowest BCUT2D eigenvalue weighted by molar-refractivity contribution is 0.0941. The third-order valence-corrected chi connectivity index (χ3v) is 4.23. The van der Waals surface area contributed by atoms with Gasteiger partial charge < -0.3 is 4.74 Å². The maximum absolute atomic E-state index is 12.3. The summed E-state index contributed by atoms with van der Waals surface area (Å²) < 4.78 is 5.34. The molecule has 0 radical (unpaired) electrons. The van der Waals surface area contributed by atoms with Crippen LogP contribution < -0.4 is 4.74 Å². The predicted octanol–water partition coefficient (Wildman–Crippen LogP) is 3.07. The molecule has 0 aromatic heterocycles. The number of hydrogen-bond acceptors (Lipinski definition) is 3. The van der Waals surface area contributed by atoms with Gasteiger partial charge in [-0.2, -0.15) is 11.8 Å². The van der Waals surface area contributed by atoms with Gasteiger partial charge in [-0.15, -0.1) is 0 Å². The lowest BCUT2D eigenvalue weighted by Gasteiger charge is -2.13. The Balaban J connectivity index is 2.61. The average Bonchev–Trinajstić information content (AvgIpc) is 2.41. The number of methoxy groups -OCH3 is 1. The minimum Gasteiger partial charge on any atom is -0.496 e. The number of hydrogen-bond donors (Lipinski definition) is 0. The van der Waals surface area contributed by atoms with Crippen LogP contribution in [0.5, 0.6) is 5.75 Å². The molecule has 1 aromatic carbocycles. The summed E-state index contributed by atoms with van der Waals surface area (Å²) in [6.07, 6.45) is 0. The Morgan fingerprint density at radius 2 is 2.19 bits per heavy atom. The fourth-order valence-electron chi connectivity index (χ4n) is 2.08. The van der Waals surface area contributed by atoms with Crippen molar-refractivity contribution in [2.45, 2.75) is 19.6 Å². The second-order valence-corrected chi connectivity index (χ2v) is 5.25. The van der Waals surface area contributed by atoms with Crippen LogP contribution in [0.15, 0.2) is 12.1 Å². The minimum atomic E-state index is 0.108. The lowest BCUT2D eigenvalue weighted by atomic mass is 9.92. The molecule has 16 heavy (non-hydrogen) atoms. The fraction of sp³-hybridized carbons (Fsp3) is 0.462. The topological polar surface area (TPSA) is 26.3 Å². The molecule has 0 spiro atoms. The van der Waals surface area contributed by atoms with Crippen molar-refractivity contribution in [2.24, 2.45) is 5.92 Å². The normalized spacial score (nSPS) is 20.2. The number of Topliss-reactive ketones (excluding diaryl/α,β-unsaturated/α-hetero) is 1. The number of aryl methyl sites for hydroxylation is 1. The highest BCUT2D eigenvalue weighted by atomic mass is 32.2. The number of fused-ring (bicyclic) bond motifs is 1. The van der Waals surface area contributed by atoms with Crippen LogP contribution in [0.1, 0.15) is 28.4 Å². The van der Waals surface area contributed by atoms with Crippen molar-refractivity contribution in [1.29, 1.82) is 0 Å². The molecule has 1 aromatic rings. The molecule has 0 saturated carbocycles. The molecule has 1 aliphatic rings. The number of carbonyl (C=O) groups excluding carboxylic acids is 1. The van der Waals surface area contributed by atoms with Crippen LogP contribution in [0.2, 0.25) is 0 Å². The fourth-order valence-corrected chi connectivity index (χ4v) is 3.20. The van der Waals surface area contributed by atoms with E-state index in [2.05, 4.69) is 0 Å². The van der Waals surface area contributed by atoms with Gasteiger partial charge in [-0.1, -0.05) is 13.0 Å². The summed E-state index contributed by atoms with van der Waals surface area (Å²) in [4.78, 5) is 12.3. The standard InChI is InChI=1S/C13H16O2S/c1-8-4-5-11(15-3)10-7-16-6-9(2)13(14)12(8)10/h4-5,9H,6-7H2,1-3H3. The van der Waals surface area contributed by atoms with E-state index in [4.69, 9.17) is 4.74 Å². The number of rotatable bonds is 1. The highest BCUT2D eigenvalue weighted by Gasteiger charge is 2.26. The largest absolute Gasteiger partial charge is 0.496 e. The summed E-state index contributed by atoms with van der Waals surface area (Å²) in [6, 6.07) is 3.93. The molecule has 0 saturated heterocycles. The van der Waals surface area contributed by atoms with Gasteiger partial charge in [0.2, 0.25) is 0 Å². The molecule has 86 valence electrons.